The molecule has 0 aliphatic heterocycles. The molecule has 0 spiro atoms. The molecule has 2 amide bonds. The largest absolute Gasteiger partial charge is 0.392 e. The number of amides is 2. The molecule has 4 aromatic rings. The predicted octanol–water partition coefficient (Wildman–Crippen LogP) is 3.33. The van der Waals surface area contributed by atoms with Gasteiger partial charge < -0.3 is 10.4 Å². The molecular weight excluding hydrogens is 477 g/mol. The number of aromatic nitrogens is 3. The Hall–Kier alpha value is -4.41. The first-order valence-corrected chi connectivity index (χ1v) is 11.6. The number of carbonyl (C=O) groups is 2. The van der Waals surface area contributed by atoms with Gasteiger partial charge in [0.1, 0.15) is 11.5 Å². The minimum absolute atomic E-state index is 0.0474. The number of nitrogens with zero attached hydrogens (tertiary/aromatic N) is 2. The lowest BCUT2D eigenvalue weighted by atomic mass is 9.90. The van der Waals surface area contributed by atoms with Crippen molar-refractivity contribution in [2.45, 2.75) is 25.5 Å². The van der Waals surface area contributed by atoms with Crippen molar-refractivity contribution in [3.63, 3.8) is 0 Å². The lowest BCUT2D eigenvalue weighted by Gasteiger charge is -2.22. The SMILES string of the molecule is O=C(N[C@H](C[C@H](Cc1ccc(-c2cccc(CO)c2)cc1)C(=O)NO)c1cn[nH]n1)c1ccc(F)cc1. The molecule has 190 valence electrons. The molecule has 37 heavy (non-hydrogen) atoms. The van der Waals surface area contributed by atoms with Crippen LogP contribution in [0.2, 0.25) is 0 Å². The maximum Gasteiger partial charge on any atom is 0.251 e. The second-order valence-corrected chi connectivity index (χ2v) is 8.60. The fourth-order valence-electron chi connectivity index (χ4n) is 4.10. The Morgan fingerprint density at radius 3 is 2.38 bits per heavy atom. The van der Waals surface area contributed by atoms with E-state index in [4.69, 9.17) is 0 Å². The normalized spacial score (nSPS) is 12.5. The number of carbonyl (C=O) groups excluding carboxylic acids is 2. The summed E-state index contributed by atoms with van der Waals surface area (Å²) in [6, 6.07) is 19.6. The standard InChI is InChI=1S/C27H26FN5O4/c28-23-10-8-20(9-11-23)26(35)30-24(25-15-29-33-31-25)14-22(27(36)32-37)12-17-4-6-19(7-5-17)21-3-1-2-18(13-21)16-34/h1-11,13,15,22,24,34,37H,12,14,16H2,(H,30,35)(H,32,36)(H,29,31,33)/t22-,24+/m0/s1. The topological polar surface area (TPSA) is 140 Å². The molecule has 0 fully saturated rings. The Balaban J connectivity index is 1.52. The number of H-pyrrole nitrogens is 1. The van der Waals surface area contributed by atoms with Crippen LogP contribution in [0, 0.1) is 11.7 Å². The van der Waals surface area contributed by atoms with Crippen molar-refractivity contribution in [1.82, 2.24) is 26.2 Å². The van der Waals surface area contributed by atoms with Crippen molar-refractivity contribution in [3.8, 4) is 11.1 Å². The number of aliphatic hydroxyl groups excluding tert-OH is 1. The van der Waals surface area contributed by atoms with Gasteiger partial charge in [0.15, 0.2) is 0 Å². The smallest absolute Gasteiger partial charge is 0.251 e. The third-order valence-corrected chi connectivity index (χ3v) is 6.08. The van der Waals surface area contributed by atoms with Crippen LogP contribution >= 0.6 is 0 Å². The fraction of sp³-hybridized carbons (Fsp3) is 0.185. The van der Waals surface area contributed by atoms with Gasteiger partial charge in [0.05, 0.1) is 18.8 Å². The van der Waals surface area contributed by atoms with E-state index >= 15 is 0 Å². The number of nitrogens with one attached hydrogen (secondary N) is 3. The zero-order chi connectivity index (χ0) is 26.2. The van der Waals surface area contributed by atoms with E-state index in [-0.39, 0.29) is 25.0 Å². The van der Waals surface area contributed by atoms with Crippen molar-refractivity contribution in [1.29, 1.82) is 0 Å². The molecule has 10 heteroatoms. The summed E-state index contributed by atoms with van der Waals surface area (Å²) in [5.41, 5.74) is 5.94. The number of hydrogen-bond donors (Lipinski definition) is 5. The molecule has 5 N–H and O–H groups in total. The highest BCUT2D eigenvalue weighted by atomic mass is 19.1. The molecule has 3 aromatic carbocycles. The Bertz CT molecular complexity index is 1330. The Labute approximate surface area is 212 Å². The van der Waals surface area contributed by atoms with Gasteiger partial charge in [-0.25, -0.2) is 9.87 Å². The number of hydrogen-bond acceptors (Lipinski definition) is 6. The highest BCUT2D eigenvalue weighted by Crippen LogP contribution is 2.26. The number of aliphatic hydroxyl groups is 1. The molecule has 9 nitrogen and oxygen atoms in total. The fourth-order valence-corrected chi connectivity index (χ4v) is 4.10. The summed E-state index contributed by atoms with van der Waals surface area (Å²) >= 11 is 0. The van der Waals surface area contributed by atoms with Crippen LogP contribution in [0.25, 0.3) is 11.1 Å². The molecule has 0 radical (unpaired) electrons. The van der Waals surface area contributed by atoms with E-state index in [0.717, 1.165) is 22.3 Å². The maximum absolute atomic E-state index is 13.3. The van der Waals surface area contributed by atoms with Gasteiger partial charge in [-0.15, -0.1) is 0 Å². The van der Waals surface area contributed by atoms with Crippen molar-refractivity contribution >= 4 is 11.8 Å². The number of hydroxylamine groups is 1. The summed E-state index contributed by atoms with van der Waals surface area (Å²) in [5.74, 6) is -2.25. The molecule has 1 aromatic heterocycles. The van der Waals surface area contributed by atoms with E-state index < -0.39 is 29.6 Å². The lowest BCUT2D eigenvalue weighted by Crippen LogP contribution is -2.35. The van der Waals surface area contributed by atoms with Gasteiger partial charge in [-0.05, 0) is 65.4 Å². The quantitative estimate of drug-likeness (QED) is 0.166. The van der Waals surface area contributed by atoms with E-state index in [1.54, 1.807) is 5.48 Å². The van der Waals surface area contributed by atoms with Gasteiger partial charge in [-0.1, -0.05) is 42.5 Å². The molecule has 0 bridgehead atoms. The van der Waals surface area contributed by atoms with Crippen LogP contribution in [0.15, 0.2) is 79.0 Å². The van der Waals surface area contributed by atoms with E-state index in [0.29, 0.717) is 5.69 Å². The van der Waals surface area contributed by atoms with E-state index in [1.807, 2.05) is 48.5 Å². The first kappa shape index (κ1) is 25.7. The van der Waals surface area contributed by atoms with Crippen molar-refractivity contribution in [2.75, 3.05) is 0 Å². The summed E-state index contributed by atoms with van der Waals surface area (Å²) in [7, 11) is 0. The highest BCUT2D eigenvalue weighted by Gasteiger charge is 2.27. The molecule has 2 atom stereocenters. The second kappa shape index (κ2) is 12.0. The Kier molecular flexibility index (Phi) is 8.34. The Morgan fingerprint density at radius 2 is 1.73 bits per heavy atom. The van der Waals surface area contributed by atoms with Crippen LogP contribution in [-0.2, 0) is 17.8 Å². The monoisotopic (exact) mass is 503 g/mol. The summed E-state index contributed by atoms with van der Waals surface area (Å²) in [6.07, 6.45) is 1.84. The summed E-state index contributed by atoms with van der Waals surface area (Å²) in [6.45, 7) is -0.0474. The molecule has 4 rings (SSSR count). The zero-order valence-corrected chi connectivity index (χ0v) is 19.8. The predicted molar refractivity (Wildman–Crippen MR) is 133 cm³/mol. The van der Waals surface area contributed by atoms with Gasteiger partial charge in [-0.3, -0.25) is 14.8 Å². The molecule has 0 saturated heterocycles. The average Bonchev–Trinajstić information content (AvgIpc) is 3.47. The van der Waals surface area contributed by atoms with Crippen molar-refractivity contribution < 1.29 is 24.3 Å². The summed E-state index contributed by atoms with van der Waals surface area (Å²) in [5, 5.41) is 32.0. The van der Waals surface area contributed by atoms with Crippen LogP contribution < -0.4 is 10.8 Å². The van der Waals surface area contributed by atoms with Crippen molar-refractivity contribution in [3.05, 3.63) is 107 Å². The maximum atomic E-state index is 13.3. The van der Waals surface area contributed by atoms with E-state index in [1.165, 1.54) is 30.5 Å². The summed E-state index contributed by atoms with van der Waals surface area (Å²) < 4.78 is 13.3. The molecular formula is C27H26FN5O4. The van der Waals surface area contributed by atoms with Crippen LogP contribution in [-0.4, -0.2) is 37.5 Å². The molecule has 1 heterocycles. The van der Waals surface area contributed by atoms with Crippen LogP contribution in [0.3, 0.4) is 0 Å². The number of halogens is 1. The average molecular weight is 504 g/mol. The number of benzene rings is 3. The molecule has 0 aliphatic carbocycles. The van der Waals surface area contributed by atoms with Crippen LogP contribution in [0.4, 0.5) is 4.39 Å². The minimum atomic E-state index is -0.719. The van der Waals surface area contributed by atoms with E-state index in [2.05, 4.69) is 20.7 Å². The number of rotatable bonds is 10. The van der Waals surface area contributed by atoms with Gasteiger partial charge in [0, 0.05) is 11.5 Å². The van der Waals surface area contributed by atoms with Crippen molar-refractivity contribution in [2.24, 2.45) is 5.92 Å². The molecule has 0 saturated carbocycles. The van der Waals surface area contributed by atoms with Gasteiger partial charge in [0.25, 0.3) is 5.91 Å². The van der Waals surface area contributed by atoms with Gasteiger partial charge in [0.2, 0.25) is 5.91 Å². The highest BCUT2D eigenvalue weighted by molar-refractivity contribution is 5.94. The van der Waals surface area contributed by atoms with Gasteiger partial charge in [-0.2, -0.15) is 15.4 Å². The third kappa shape index (κ3) is 6.63. The van der Waals surface area contributed by atoms with E-state index in [9.17, 15) is 24.3 Å². The second-order valence-electron chi connectivity index (χ2n) is 8.60. The first-order valence-electron chi connectivity index (χ1n) is 11.6. The minimum Gasteiger partial charge on any atom is -0.392 e. The zero-order valence-electron chi connectivity index (χ0n) is 19.8. The molecule has 0 aliphatic rings. The summed E-state index contributed by atoms with van der Waals surface area (Å²) in [4.78, 5) is 25.4. The van der Waals surface area contributed by atoms with Gasteiger partial charge >= 0.3 is 0 Å². The Morgan fingerprint density at radius 1 is 0.973 bits per heavy atom. The third-order valence-electron chi connectivity index (χ3n) is 6.08. The lowest BCUT2D eigenvalue weighted by molar-refractivity contribution is -0.133. The first-order chi connectivity index (χ1) is 18.0. The molecule has 0 unspecified atom stereocenters. The number of aromatic amines is 1. The van der Waals surface area contributed by atoms with Crippen LogP contribution in [0.1, 0.15) is 39.6 Å². The van der Waals surface area contributed by atoms with Crippen LogP contribution in [0.5, 0.6) is 0 Å².